The Labute approximate surface area is 168 Å². The normalized spacial score (nSPS) is 13.5. The van der Waals surface area contributed by atoms with Crippen molar-refractivity contribution in [1.29, 1.82) is 0 Å². The first-order valence-corrected chi connectivity index (χ1v) is 10.1. The van der Waals surface area contributed by atoms with Gasteiger partial charge in [-0.3, -0.25) is 4.79 Å². The predicted octanol–water partition coefficient (Wildman–Crippen LogP) is 4.96. The van der Waals surface area contributed by atoms with Gasteiger partial charge >= 0.3 is 0 Å². The van der Waals surface area contributed by atoms with Gasteiger partial charge in [0.15, 0.2) is 5.03 Å². The molecule has 0 N–H and O–H groups in total. The molecule has 2 heterocycles. The van der Waals surface area contributed by atoms with E-state index in [0.717, 1.165) is 36.4 Å². The van der Waals surface area contributed by atoms with E-state index in [2.05, 4.69) is 9.97 Å². The number of aromatic nitrogens is 2. The first-order chi connectivity index (χ1) is 13.7. The molecule has 2 aromatic carbocycles. The number of likely N-dealkylation sites (tertiary alicyclic amines) is 1. The van der Waals surface area contributed by atoms with Crippen molar-refractivity contribution in [3.05, 3.63) is 72.1 Å². The number of carbonyl (C=O) groups excluding carboxylic acids is 1. The summed E-state index contributed by atoms with van der Waals surface area (Å²) in [5, 5.41) is 0.629. The molecule has 0 unspecified atom stereocenters. The molecule has 4 rings (SSSR count). The van der Waals surface area contributed by atoms with Gasteiger partial charge in [0.2, 0.25) is 0 Å². The Morgan fingerprint density at radius 1 is 1.00 bits per heavy atom. The lowest BCUT2D eigenvalue weighted by molar-refractivity contribution is 0.0789. The Hall–Kier alpha value is -2.86. The molecule has 5 nitrogen and oxygen atoms in total. The molecule has 0 bridgehead atoms. The topological polar surface area (TPSA) is 55.3 Å². The highest BCUT2D eigenvalue weighted by molar-refractivity contribution is 7.99. The summed E-state index contributed by atoms with van der Waals surface area (Å²) < 4.78 is 5.95. The highest BCUT2D eigenvalue weighted by Gasteiger charge is 2.22. The number of hydrogen-bond donors (Lipinski definition) is 0. The maximum absolute atomic E-state index is 12.9. The summed E-state index contributed by atoms with van der Waals surface area (Å²) in [5.41, 5.74) is 1.86. The van der Waals surface area contributed by atoms with E-state index < -0.39 is 0 Å². The number of hydrogen-bond acceptors (Lipinski definition) is 5. The van der Waals surface area contributed by atoms with Crippen LogP contribution >= 0.6 is 11.8 Å². The van der Waals surface area contributed by atoms with Crippen molar-refractivity contribution in [3.8, 4) is 11.6 Å². The molecule has 1 saturated heterocycles. The molecule has 1 aliphatic heterocycles. The Bertz CT molecular complexity index is 970. The molecule has 1 fully saturated rings. The van der Waals surface area contributed by atoms with Crippen molar-refractivity contribution in [2.75, 3.05) is 13.1 Å². The van der Waals surface area contributed by atoms with E-state index in [1.165, 1.54) is 11.8 Å². The zero-order valence-electron chi connectivity index (χ0n) is 15.7. The van der Waals surface area contributed by atoms with Crippen molar-refractivity contribution < 1.29 is 9.53 Å². The first kappa shape index (κ1) is 18.5. The summed E-state index contributed by atoms with van der Waals surface area (Å²) in [6, 6.07) is 15.4. The van der Waals surface area contributed by atoms with Gasteiger partial charge < -0.3 is 9.64 Å². The Balaban J connectivity index is 1.60. The molecule has 0 atom stereocenters. The standard InChI is InChI=1S/C22H21N3O2S/c1-16-8-10-17(11-9-16)27-20-21(24-13-12-23-20)28-19-7-3-2-6-18(19)22(26)25-14-4-5-15-25/h2-3,6-13H,4-5,14-15H2,1H3. The van der Waals surface area contributed by atoms with Crippen LogP contribution in [0.25, 0.3) is 0 Å². The van der Waals surface area contributed by atoms with Crippen LogP contribution in [0.3, 0.4) is 0 Å². The maximum atomic E-state index is 12.9. The summed E-state index contributed by atoms with van der Waals surface area (Å²) in [7, 11) is 0. The molecule has 1 aromatic heterocycles. The fourth-order valence-electron chi connectivity index (χ4n) is 3.10. The van der Waals surface area contributed by atoms with Crippen LogP contribution in [0.1, 0.15) is 28.8 Å². The number of amides is 1. The van der Waals surface area contributed by atoms with Crippen LogP contribution in [0.4, 0.5) is 0 Å². The summed E-state index contributed by atoms with van der Waals surface area (Å²) in [6.07, 6.45) is 5.38. The molecule has 6 heteroatoms. The molecule has 142 valence electrons. The fraction of sp³-hybridized carbons (Fsp3) is 0.227. The highest BCUT2D eigenvalue weighted by Crippen LogP contribution is 2.36. The lowest BCUT2D eigenvalue weighted by Crippen LogP contribution is -2.28. The van der Waals surface area contributed by atoms with Gasteiger partial charge in [-0.05, 0) is 44.0 Å². The molecule has 28 heavy (non-hydrogen) atoms. The van der Waals surface area contributed by atoms with E-state index in [0.29, 0.717) is 22.2 Å². The molecular weight excluding hydrogens is 370 g/mol. The van der Waals surface area contributed by atoms with Crippen LogP contribution in [-0.2, 0) is 0 Å². The van der Waals surface area contributed by atoms with Gasteiger partial charge in [-0.15, -0.1) is 0 Å². The largest absolute Gasteiger partial charge is 0.437 e. The highest BCUT2D eigenvalue weighted by atomic mass is 32.2. The number of ether oxygens (including phenoxy) is 1. The van der Waals surface area contributed by atoms with Gasteiger partial charge in [-0.2, -0.15) is 0 Å². The van der Waals surface area contributed by atoms with E-state index in [9.17, 15) is 4.79 Å². The van der Waals surface area contributed by atoms with Crippen LogP contribution in [0.2, 0.25) is 0 Å². The van der Waals surface area contributed by atoms with Gasteiger partial charge in [-0.1, -0.05) is 41.6 Å². The predicted molar refractivity (Wildman–Crippen MR) is 109 cm³/mol. The zero-order chi connectivity index (χ0) is 19.3. The second-order valence-electron chi connectivity index (χ2n) is 6.68. The third-order valence-corrected chi connectivity index (χ3v) is 5.64. The minimum Gasteiger partial charge on any atom is -0.437 e. The van der Waals surface area contributed by atoms with E-state index in [1.807, 2.05) is 60.4 Å². The van der Waals surface area contributed by atoms with Gasteiger partial charge in [0.1, 0.15) is 5.75 Å². The van der Waals surface area contributed by atoms with E-state index in [1.54, 1.807) is 12.4 Å². The summed E-state index contributed by atoms with van der Waals surface area (Å²) >= 11 is 1.40. The van der Waals surface area contributed by atoms with Crippen molar-refractivity contribution in [3.63, 3.8) is 0 Å². The van der Waals surface area contributed by atoms with Crippen molar-refractivity contribution >= 4 is 17.7 Å². The molecular formula is C22H21N3O2S. The Kier molecular flexibility index (Phi) is 5.58. The van der Waals surface area contributed by atoms with Gasteiger partial charge in [0.25, 0.3) is 11.8 Å². The number of rotatable bonds is 5. The molecule has 0 radical (unpaired) electrons. The summed E-state index contributed by atoms with van der Waals surface area (Å²) in [5.74, 6) is 1.21. The maximum Gasteiger partial charge on any atom is 0.255 e. The number of carbonyl (C=O) groups is 1. The van der Waals surface area contributed by atoms with Gasteiger partial charge in [0.05, 0.1) is 5.56 Å². The number of benzene rings is 2. The zero-order valence-corrected chi connectivity index (χ0v) is 16.5. The Morgan fingerprint density at radius 2 is 1.71 bits per heavy atom. The monoisotopic (exact) mass is 391 g/mol. The smallest absolute Gasteiger partial charge is 0.255 e. The second kappa shape index (κ2) is 8.44. The average molecular weight is 391 g/mol. The van der Waals surface area contributed by atoms with Gasteiger partial charge in [-0.25, -0.2) is 9.97 Å². The van der Waals surface area contributed by atoms with Crippen LogP contribution in [-0.4, -0.2) is 33.9 Å². The average Bonchev–Trinajstić information content (AvgIpc) is 3.26. The lowest BCUT2D eigenvalue weighted by atomic mass is 10.2. The van der Waals surface area contributed by atoms with Crippen LogP contribution in [0.5, 0.6) is 11.6 Å². The van der Waals surface area contributed by atoms with E-state index >= 15 is 0 Å². The van der Waals surface area contributed by atoms with Crippen molar-refractivity contribution in [2.24, 2.45) is 0 Å². The van der Waals surface area contributed by atoms with Crippen LogP contribution in [0.15, 0.2) is 70.8 Å². The summed E-state index contributed by atoms with van der Waals surface area (Å²) in [4.78, 5) is 24.5. The molecule has 1 aliphatic rings. The molecule has 3 aromatic rings. The van der Waals surface area contributed by atoms with E-state index in [-0.39, 0.29) is 5.91 Å². The van der Waals surface area contributed by atoms with Crippen molar-refractivity contribution in [1.82, 2.24) is 14.9 Å². The Morgan fingerprint density at radius 3 is 2.50 bits per heavy atom. The summed E-state index contributed by atoms with van der Waals surface area (Å²) in [6.45, 7) is 3.68. The number of nitrogens with zero attached hydrogens (tertiary/aromatic N) is 3. The SMILES string of the molecule is Cc1ccc(Oc2nccnc2Sc2ccccc2C(=O)N2CCCC2)cc1. The molecule has 0 spiro atoms. The van der Waals surface area contributed by atoms with Crippen LogP contribution in [0, 0.1) is 6.92 Å². The lowest BCUT2D eigenvalue weighted by Gasteiger charge is -2.17. The minimum atomic E-state index is 0.0745. The number of aryl methyl sites for hydroxylation is 1. The second-order valence-corrected chi connectivity index (χ2v) is 7.71. The van der Waals surface area contributed by atoms with Gasteiger partial charge in [0, 0.05) is 30.4 Å². The molecule has 0 saturated carbocycles. The van der Waals surface area contributed by atoms with Crippen molar-refractivity contribution in [2.45, 2.75) is 29.7 Å². The fourth-order valence-corrected chi connectivity index (χ4v) is 4.01. The van der Waals surface area contributed by atoms with E-state index in [4.69, 9.17) is 4.74 Å². The molecule has 0 aliphatic carbocycles. The third-order valence-electron chi connectivity index (χ3n) is 4.59. The van der Waals surface area contributed by atoms with Crippen LogP contribution < -0.4 is 4.74 Å². The quantitative estimate of drug-likeness (QED) is 0.615. The molecule has 1 amide bonds. The third kappa shape index (κ3) is 4.17. The first-order valence-electron chi connectivity index (χ1n) is 9.32. The minimum absolute atomic E-state index is 0.0745.